The van der Waals surface area contributed by atoms with Crippen molar-refractivity contribution in [1.29, 1.82) is 0 Å². The molecule has 0 atom stereocenters. The first-order valence-electron chi connectivity index (χ1n) is 5.85. The van der Waals surface area contributed by atoms with Crippen LogP contribution in [-0.4, -0.2) is 16.1 Å². The van der Waals surface area contributed by atoms with Gasteiger partial charge in [-0.25, -0.2) is 4.98 Å². The second-order valence-electron chi connectivity index (χ2n) is 4.07. The number of hydrogen-bond donors (Lipinski definition) is 1. The number of hydrogen-bond acceptors (Lipinski definition) is 2. The smallest absolute Gasteiger partial charge is 0.113 e. The molecule has 0 saturated carbocycles. The van der Waals surface area contributed by atoms with Crippen molar-refractivity contribution in [3.05, 3.63) is 52.0 Å². The summed E-state index contributed by atoms with van der Waals surface area (Å²) in [6, 6.07) is 5.65. The number of halogens is 2. The Balaban J connectivity index is 2.18. The first-order chi connectivity index (χ1) is 8.72. The van der Waals surface area contributed by atoms with E-state index in [0.717, 1.165) is 24.4 Å². The van der Waals surface area contributed by atoms with Gasteiger partial charge >= 0.3 is 0 Å². The summed E-state index contributed by atoms with van der Waals surface area (Å²) in [6.07, 6.45) is 5.37. The number of aryl methyl sites for hydroxylation is 1. The monoisotopic (exact) mass is 283 g/mol. The Morgan fingerprint density at radius 1 is 1.28 bits per heavy atom. The molecular weight excluding hydrogens is 269 g/mol. The molecule has 18 heavy (non-hydrogen) atoms. The molecule has 1 aromatic heterocycles. The fourth-order valence-electron chi connectivity index (χ4n) is 1.83. The van der Waals surface area contributed by atoms with Gasteiger partial charge in [0.05, 0.1) is 10.0 Å². The largest absolute Gasteiger partial charge is 0.335 e. The summed E-state index contributed by atoms with van der Waals surface area (Å²) in [7, 11) is 0. The maximum Gasteiger partial charge on any atom is 0.113 e. The second-order valence-corrected chi connectivity index (χ2v) is 4.85. The van der Waals surface area contributed by atoms with Gasteiger partial charge in [-0.05, 0) is 24.6 Å². The van der Waals surface area contributed by atoms with Crippen LogP contribution < -0.4 is 5.73 Å². The Morgan fingerprint density at radius 2 is 2.11 bits per heavy atom. The maximum absolute atomic E-state index is 6.18. The molecule has 0 aliphatic rings. The van der Waals surface area contributed by atoms with Gasteiger partial charge in [-0.2, -0.15) is 0 Å². The van der Waals surface area contributed by atoms with E-state index in [1.54, 1.807) is 12.3 Å². The Hall–Kier alpha value is -1.03. The number of nitrogens with zero attached hydrogens (tertiary/aromatic N) is 2. The number of benzene rings is 1. The molecule has 0 radical (unpaired) electrons. The average Bonchev–Trinajstić information content (AvgIpc) is 2.80. The van der Waals surface area contributed by atoms with Gasteiger partial charge in [0.2, 0.25) is 0 Å². The fourth-order valence-corrected chi connectivity index (χ4v) is 2.21. The first-order valence-corrected chi connectivity index (χ1v) is 6.61. The molecule has 0 amide bonds. The molecule has 0 bridgehead atoms. The third kappa shape index (κ3) is 3.05. The minimum atomic E-state index is 0.578. The summed E-state index contributed by atoms with van der Waals surface area (Å²) in [5.74, 6) is 0.979. The summed E-state index contributed by atoms with van der Waals surface area (Å²) in [6.45, 7) is 1.56. The fraction of sp³-hybridized carbons (Fsp3) is 0.308. The topological polar surface area (TPSA) is 43.8 Å². The van der Waals surface area contributed by atoms with Gasteiger partial charge in [-0.15, -0.1) is 0 Å². The predicted molar refractivity (Wildman–Crippen MR) is 75.2 cm³/mol. The lowest BCUT2D eigenvalue weighted by atomic mass is 10.1. The molecule has 2 aromatic rings. The molecular formula is C13H15Cl2N3. The van der Waals surface area contributed by atoms with Gasteiger partial charge in [0.1, 0.15) is 5.82 Å². The summed E-state index contributed by atoms with van der Waals surface area (Å²) >= 11 is 12.2. The van der Waals surface area contributed by atoms with Crippen molar-refractivity contribution in [3.63, 3.8) is 0 Å². The number of nitrogens with two attached hydrogens (primary N) is 1. The highest BCUT2D eigenvalue weighted by Gasteiger charge is 2.08. The highest BCUT2D eigenvalue weighted by atomic mass is 35.5. The third-order valence-electron chi connectivity index (χ3n) is 2.78. The zero-order valence-corrected chi connectivity index (χ0v) is 11.5. The van der Waals surface area contributed by atoms with Gasteiger partial charge in [0, 0.05) is 25.4 Å². The van der Waals surface area contributed by atoms with E-state index in [1.165, 1.54) is 0 Å². The lowest BCUT2D eigenvalue weighted by Crippen LogP contribution is -2.08. The maximum atomic E-state index is 6.18. The SMILES string of the molecule is NCCCn1ccnc1Cc1cccc(Cl)c1Cl. The van der Waals surface area contributed by atoms with E-state index >= 15 is 0 Å². The molecule has 3 nitrogen and oxygen atoms in total. The number of rotatable bonds is 5. The molecule has 0 aliphatic heterocycles. The second kappa shape index (κ2) is 6.23. The van der Waals surface area contributed by atoms with Crippen molar-refractivity contribution in [2.75, 3.05) is 6.54 Å². The normalized spacial score (nSPS) is 10.8. The first kappa shape index (κ1) is 13.4. The minimum absolute atomic E-state index is 0.578. The molecule has 0 fully saturated rings. The van der Waals surface area contributed by atoms with Gasteiger partial charge in [-0.1, -0.05) is 35.3 Å². The Bertz CT molecular complexity index is 523. The van der Waals surface area contributed by atoms with E-state index in [1.807, 2.05) is 18.3 Å². The summed E-state index contributed by atoms with van der Waals surface area (Å²) in [5, 5.41) is 1.18. The summed E-state index contributed by atoms with van der Waals surface area (Å²) < 4.78 is 2.10. The van der Waals surface area contributed by atoms with Crippen LogP contribution in [0.2, 0.25) is 10.0 Å². The quantitative estimate of drug-likeness (QED) is 0.916. The highest BCUT2D eigenvalue weighted by molar-refractivity contribution is 6.42. The van der Waals surface area contributed by atoms with E-state index in [2.05, 4.69) is 9.55 Å². The zero-order chi connectivity index (χ0) is 13.0. The van der Waals surface area contributed by atoms with Crippen LogP contribution in [0.1, 0.15) is 17.8 Å². The van der Waals surface area contributed by atoms with Gasteiger partial charge in [0.15, 0.2) is 0 Å². The average molecular weight is 284 g/mol. The van der Waals surface area contributed by atoms with Crippen LogP contribution in [0, 0.1) is 0 Å². The number of imidazole rings is 1. The molecule has 96 valence electrons. The molecule has 1 heterocycles. The van der Waals surface area contributed by atoms with Crippen LogP contribution in [0.5, 0.6) is 0 Å². The van der Waals surface area contributed by atoms with Crippen molar-refractivity contribution in [1.82, 2.24) is 9.55 Å². The van der Waals surface area contributed by atoms with Crippen LogP contribution >= 0.6 is 23.2 Å². The molecule has 0 saturated heterocycles. The van der Waals surface area contributed by atoms with E-state index < -0.39 is 0 Å². The molecule has 2 N–H and O–H groups in total. The van der Waals surface area contributed by atoms with Crippen LogP contribution in [0.4, 0.5) is 0 Å². The standard InChI is InChI=1S/C13H15Cl2N3/c14-11-4-1-3-10(13(11)15)9-12-17-6-8-18(12)7-2-5-16/h1,3-4,6,8H,2,5,7,9,16H2. The van der Waals surface area contributed by atoms with Crippen LogP contribution in [0.15, 0.2) is 30.6 Å². The van der Waals surface area contributed by atoms with Crippen LogP contribution in [0.3, 0.4) is 0 Å². The predicted octanol–water partition coefficient (Wildman–Crippen LogP) is 3.13. The van der Waals surface area contributed by atoms with E-state index in [4.69, 9.17) is 28.9 Å². The molecule has 0 aliphatic carbocycles. The highest BCUT2D eigenvalue weighted by Crippen LogP contribution is 2.27. The lowest BCUT2D eigenvalue weighted by Gasteiger charge is -2.09. The third-order valence-corrected chi connectivity index (χ3v) is 3.64. The summed E-state index contributed by atoms with van der Waals surface area (Å²) in [4.78, 5) is 4.36. The van der Waals surface area contributed by atoms with Crippen molar-refractivity contribution >= 4 is 23.2 Å². The van der Waals surface area contributed by atoms with Crippen molar-refractivity contribution in [3.8, 4) is 0 Å². The van der Waals surface area contributed by atoms with E-state index in [-0.39, 0.29) is 0 Å². The van der Waals surface area contributed by atoms with Crippen molar-refractivity contribution in [2.24, 2.45) is 5.73 Å². The lowest BCUT2D eigenvalue weighted by molar-refractivity contribution is 0.624. The Labute approximate surface area is 117 Å². The Kier molecular flexibility index (Phi) is 4.64. The van der Waals surface area contributed by atoms with E-state index in [9.17, 15) is 0 Å². The van der Waals surface area contributed by atoms with Gasteiger partial charge < -0.3 is 10.3 Å². The van der Waals surface area contributed by atoms with Gasteiger partial charge in [-0.3, -0.25) is 0 Å². The molecule has 0 spiro atoms. The van der Waals surface area contributed by atoms with Crippen LogP contribution in [0.25, 0.3) is 0 Å². The molecule has 5 heteroatoms. The zero-order valence-electron chi connectivity index (χ0n) is 9.94. The minimum Gasteiger partial charge on any atom is -0.335 e. The molecule has 1 aromatic carbocycles. The molecule has 2 rings (SSSR count). The number of aromatic nitrogens is 2. The van der Waals surface area contributed by atoms with Gasteiger partial charge in [0.25, 0.3) is 0 Å². The molecule has 0 unspecified atom stereocenters. The Morgan fingerprint density at radius 3 is 2.89 bits per heavy atom. The van der Waals surface area contributed by atoms with Crippen molar-refractivity contribution in [2.45, 2.75) is 19.4 Å². The van der Waals surface area contributed by atoms with E-state index in [0.29, 0.717) is 23.0 Å². The van der Waals surface area contributed by atoms with Crippen molar-refractivity contribution < 1.29 is 0 Å². The van der Waals surface area contributed by atoms with Crippen LogP contribution in [-0.2, 0) is 13.0 Å². The summed E-state index contributed by atoms with van der Waals surface area (Å²) in [5.41, 5.74) is 6.51.